The zero-order valence-corrected chi connectivity index (χ0v) is 18.9. The summed E-state index contributed by atoms with van der Waals surface area (Å²) in [6.45, 7) is 2.36. The van der Waals surface area contributed by atoms with E-state index in [4.69, 9.17) is 21.1 Å². The van der Waals surface area contributed by atoms with Crippen LogP contribution in [0, 0.1) is 6.92 Å². The number of halogens is 1. The summed E-state index contributed by atoms with van der Waals surface area (Å²) in [7, 11) is -3.91. The maximum atomic E-state index is 13.1. The number of hydrogen-bond acceptors (Lipinski definition) is 6. The molecule has 0 bridgehead atoms. The van der Waals surface area contributed by atoms with Gasteiger partial charge in [0.1, 0.15) is 16.4 Å². The average Bonchev–Trinajstić information content (AvgIpc) is 2.77. The molecule has 1 N–H and O–H groups in total. The molecule has 4 rings (SSSR count). The third-order valence-corrected chi connectivity index (χ3v) is 7.59. The molecule has 0 aromatic heterocycles. The van der Waals surface area contributed by atoms with E-state index in [1.165, 1.54) is 16.4 Å². The van der Waals surface area contributed by atoms with Crippen molar-refractivity contribution in [2.24, 2.45) is 0 Å². The van der Waals surface area contributed by atoms with Crippen molar-refractivity contribution in [1.82, 2.24) is 9.21 Å². The first-order chi connectivity index (χ1) is 15.2. The fraction of sp³-hybridized carbons (Fsp3) is 0.333. The predicted molar refractivity (Wildman–Crippen MR) is 118 cm³/mol. The van der Waals surface area contributed by atoms with Gasteiger partial charge in [-0.3, -0.25) is 9.59 Å². The van der Waals surface area contributed by atoms with Crippen molar-refractivity contribution in [1.29, 1.82) is 0 Å². The number of nitrogens with one attached hydrogen (secondary N) is 1. The van der Waals surface area contributed by atoms with Gasteiger partial charge in [-0.2, -0.15) is 4.31 Å². The van der Waals surface area contributed by atoms with Crippen molar-refractivity contribution in [2.75, 3.05) is 44.7 Å². The smallest absolute Gasteiger partial charge is 0.262 e. The number of anilines is 1. The molecule has 0 atom stereocenters. The first kappa shape index (κ1) is 22.4. The molecule has 2 aromatic carbocycles. The van der Waals surface area contributed by atoms with Gasteiger partial charge in [0, 0.05) is 32.2 Å². The van der Waals surface area contributed by atoms with E-state index in [0.29, 0.717) is 11.4 Å². The minimum absolute atomic E-state index is 0.0142. The molecular formula is C21H22ClN3O6S. The fourth-order valence-electron chi connectivity index (χ4n) is 3.54. The van der Waals surface area contributed by atoms with Gasteiger partial charge in [0.2, 0.25) is 10.0 Å². The van der Waals surface area contributed by atoms with Crippen molar-refractivity contribution in [3.8, 4) is 11.5 Å². The van der Waals surface area contributed by atoms with Crippen molar-refractivity contribution in [3.63, 3.8) is 0 Å². The van der Waals surface area contributed by atoms with Crippen LogP contribution >= 0.6 is 11.6 Å². The number of rotatable bonds is 5. The minimum Gasteiger partial charge on any atom is -0.484 e. The number of amides is 2. The number of aryl methyl sites for hydroxylation is 1. The van der Waals surface area contributed by atoms with Crippen molar-refractivity contribution >= 4 is 39.1 Å². The van der Waals surface area contributed by atoms with Crippen LogP contribution in [0.25, 0.3) is 0 Å². The Bertz CT molecular complexity index is 1160. The summed E-state index contributed by atoms with van der Waals surface area (Å²) >= 11 is 6.21. The molecule has 2 aromatic rings. The Kier molecular flexibility index (Phi) is 6.27. The number of carbonyl (C=O) groups excluding carboxylic acids is 2. The molecule has 0 spiro atoms. The summed E-state index contributed by atoms with van der Waals surface area (Å²) in [6.07, 6.45) is 0. The van der Waals surface area contributed by atoms with Crippen molar-refractivity contribution < 1.29 is 27.5 Å². The number of hydrogen-bond donors (Lipinski definition) is 1. The summed E-state index contributed by atoms with van der Waals surface area (Å²) in [5, 5.41) is 2.58. The highest BCUT2D eigenvalue weighted by atomic mass is 35.5. The van der Waals surface area contributed by atoms with Gasteiger partial charge in [0.15, 0.2) is 13.2 Å². The van der Waals surface area contributed by atoms with E-state index in [-0.39, 0.29) is 66.9 Å². The van der Waals surface area contributed by atoms with E-state index in [1.54, 1.807) is 11.0 Å². The summed E-state index contributed by atoms with van der Waals surface area (Å²) in [5.74, 6) is 0.311. The van der Waals surface area contributed by atoms with Gasteiger partial charge in [-0.15, -0.1) is 0 Å². The second-order valence-corrected chi connectivity index (χ2v) is 9.82. The summed E-state index contributed by atoms with van der Waals surface area (Å²) < 4.78 is 38.5. The lowest BCUT2D eigenvalue weighted by Crippen LogP contribution is -2.51. The molecule has 2 heterocycles. The van der Waals surface area contributed by atoms with Gasteiger partial charge in [-0.1, -0.05) is 23.7 Å². The number of sulfonamides is 1. The zero-order chi connectivity index (χ0) is 22.9. The van der Waals surface area contributed by atoms with Crippen LogP contribution in [-0.2, 0) is 19.6 Å². The molecule has 2 amide bonds. The Hall–Kier alpha value is -2.82. The molecule has 170 valence electrons. The number of benzene rings is 2. The van der Waals surface area contributed by atoms with Gasteiger partial charge in [-0.05, 0) is 30.7 Å². The van der Waals surface area contributed by atoms with Crippen LogP contribution in [0.15, 0.2) is 41.3 Å². The molecule has 1 fully saturated rings. The molecular weight excluding hydrogens is 458 g/mol. The van der Waals surface area contributed by atoms with Gasteiger partial charge < -0.3 is 19.7 Å². The quantitative estimate of drug-likeness (QED) is 0.702. The van der Waals surface area contributed by atoms with E-state index in [9.17, 15) is 18.0 Å². The standard InChI is InChI=1S/C21H22ClN3O6S/c1-14-3-2-4-15(9-14)30-13-21(27)24-5-7-25(8-6-24)32(28,29)19-11-18-17(10-16(19)22)23-20(26)12-31-18/h2-4,9-11H,5-8,12-13H2,1H3,(H,23,26). The highest BCUT2D eigenvalue weighted by molar-refractivity contribution is 7.89. The summed E-state index contributed by atoms with van der Waals surface area (Å²) in [6, 6.07) is 10.1. The topological polar surface area (TPSA) is 105 Å². The van der Waals surface area contributed by atoms with E-state index < -0.39 is 10.0 Å². The minimum atomic E-state index is -3.91. The Morgan fingerprint density at radius 1 is 1.19 bits per heavy atom. The van der Waals surface area contributed by atoms with Crippen molar-refractivity contribution in [3.05, 3.63) is 47.0 Å². The Morgan fingerprint density at radius 3 is 2.66 bits per heavy atom. The normalized spacial score (nSPS) is 16.7. The lowest BCUT2D eigenvalue weighted by molar-refractivity contribution is -0.134. The highest BCUT2D eigenvalue weighted by Crippen LogP contribution is 2.37. The molecule has 32 heavy (non-hydrogen) atoms. The fourth-order valence-corrected chi connectivity index (χ4v) is 5.48. The third-order valence-electron chi connectivity index (χ3n) is 5.23. The zero-order valence-electron chi connectivity index (χ0n) is 17.3. The molecule has 2 aliphatic rings. The Morgan fingerprint density at radius 2 is 1.94 bits per heavy atom. The molecule has 1 saturated heterocycles. The summed E-state index contributed by atoms with van der Waals surface area (Å²) in [4.78, 5) is 25.4. The lowest BCUT2D eigenvalue weighted by Gasteiger charge is -2.34. The van der Waals surface area contributed by atoms with Crippen LogP contribution in [0.2, 0.25) is 5.02 Å². The number of carbonyl (C=O) groups is 2. The SMILES string of the molecule is Cc1cccc(OCC(=O)N2CCN(S(=O)(=O)c3cc4c(cc3Cl)NC(=O)CO4)CC2)c1. The molecule has 2 aliphatic heterocycles. The molecule has 0 aliphatic carbocycles. The van der Waals surface area contributed by atoms with Gasteiger partial charge in [0.25, 0.3) is 11.8 Å². The average molecular weight is 480 g/mol. The molecule has 0 saturated carbocycles. The number of piperazine rings is 1. The van der Waals surface area contributed by atoms with Crippen LogP contribution in [0.4, 0.5) is 5.69 Å². The van der Waals surface area contributed by atoms with Crippen LogP contribution < -0.4 is 14.8 Å². The first-order valence-electron chi connectivity index (χ1n) is 9.97. The number of fused-ring (bicyclic) bond motifs is 1. The predicted octanol–water partition coefficient (Wildman–Crippen LogP) is 1.89. The van der Waals surface area contributed by atoms with E-state index >= 15 is 0 Å². The van der Waals surface area contributed by atoms with Crippen LogP contribution in [0.5, 0.6) is 11.5 Å². The van der Waals surface area contributed by atoms with Crippen LogP contribution in [0.1, 0.15) is 5.56 Å². The maximum absolute atomic E-state index is 13.1. The van der Waals surface area contributed by atoms with Crippen LogP contribution in [-0.4, -0.2) is 68.8 Å². The molecule has 9 nitrogen and oxygen atoms in total. The third kappa shape index (κ3) is 4.67. The van der Waals surface area contributed by atoms with E-state index in [0.717, 1.165) is 5.56 Å². The first-order valence-corrected chi connectivity index (χ1v) is 11.8. The van der Waals surface area contributed by atoms with Gasteiger partial charge >= 0.3 is 0 Å². The number of nitrogens with zero attached hydrogens (tertiary/aromatic N) is 2. The molecule has 11 heteroatoms. The monoisotopic (exact) mass is 479 g/mol. The lowest BCUT2D eigenvalue weighted by atomic mass is 10.2. The number of ether oxygens (including phenoxy) is 2. The second-order valence-electron chi connectivity index (χ2n) is 7.51. The maximum Gasteiger partial charge on any atom is 0.262 e. The van der Waals surface area contributed by atoms with E-state index in [1.807, 2.05) is 25.1 Å². The largest absolute Gasteiger partial charge is 0.484 e. The van der Waals surface area contributed by atoms with E-state index in [2.05, 4.69) is 5.32 Å². The second kappa shape index (κ2) is 8.97. The Labute approximate surface area is 190 Å². The van der Waals surface area contributed by atoms with Crippen LogP contribution in [0.3, 0.4) is 0 Å². The van der Waals surface area contributed by atoms with Crippen molar-refractivity contribution in [2.45, 2.75) is 11.8 Å². The Balaban J connectivity index is 1.39. The highest BCUT2D eigenvalue weighted by Gasteiger charge is 2.33. The van der Waals surface area contributed by atoms with Gasteiger partial charge in [0.05, 0.1) is 10.7 Å². The molecule has 0 radical (unpaired) electrons. The molecule has 0 unspecified atom stereocenters. The summed E-state index contributed by atoms with van der Waals surface area (Å²) in [5.41, 5.74) is 1.36. The van der Waals surface area contributed by atoms with Gasteiger partial charge in [-0.25, -0.2) is 8.42 Å².